The Kier molecular flexibility index (Phi) is 2.62. The van der Waals surface area contributed by atoms with Crippen LogP contribution in [0.2, 0.25) is 0 Å². The first-order valence-electron chi connectivity index (χ1n) is 5.08. The molecule has 1 aromatic heterocycles. The van der Waals surface area contributed by atoms with Gasteiger partial charge in [0.25, 0.3) is 0 Å². The molecule has 0 aliphatic carbocycles. The van der Waals surface area contributed by atoms with Gasteiger partial charge in [-0.15, -0.1) is 0 Å². The van der Waals surface area contributed by atoms with Crippen molar-refractivity contribution in [1.29, 1.82) is 0 Å². The van der Waals surface area contributed by atoms with Crippen molar-refractivity contribution in [1.82, 2.24) is 10.1 Å². The van der Waals surface area contributed by atoms with Crippen LogP contribution in [0.25, 0.3) is 0 Å². The SMILES string of the molecule is CCOC(=O)N1CCc2c(C)noc2C1. The number of carbonyl (C=O) groups is 1. The number of hydrogen-bond donors (Lipinski definition) is 0. The van der Waals surface area contributed by atoms with Gasteiger partial charge in [-0.1, -0.05) is 5.16 Å². The maximum absolute atomic E-state index is 11.5. The standard InChI is InChI=1S/C10H14N2O3/c1-3-14-10(13)12-5-4-8-7(2)11-15-9(8)6-12/h3-6H2,1-2H3. The van der Waals surface area contributed by atoms with E-state index in [1.807, 2.05) is 6.92 Å². The quantitative estimate of drug-likeness (QED) is 0.704. The summed E-state index contributed by atoms with van der Waals surface area (Å²) in [6.45, 7) is 5.26. The number of carbonyl (C=O) groups excluding carboxylic acids is 1. The summed E-state index contributed by atoms with van der Waals surface area (Å²) >= 11 is 0. The van der Waals surface area contributed by atoms with E-state index in [0.29, 0.717) is 19.7 Å². The second kappa shape index (κ2) is 3.92. The van der Waals surface area contributed by atoms with Crippen LogP contribution in [-0.2, 0) is 17.7 Å². The largest absolute Gasteiger partial charge is 0.450 e. The molecule has 0 bridgehead atoms. The van der Waals surface area contributed by atoms with Gasteiger partial charge in [0.05, 0.1) is 18.8 Å². The van der Waals surface area contributed by atoms with Crippen LogP contribution in [0.3, 0.4) is 0 Å². The second-order valence-corrected chi connectivity index (χ2v) is 3.54. The van der Waals surface area contributed by atoms with E-state index in [0.717, 1.165) is 23.4 Å². The van der Waals surface area contributed by atoms with Crippen LogP contribution in [0.5, 0.6) is 0 Å². The van der Waals surface area contributed by atoms with E-state index in [9.17, 15) is 4.79 Å². The molecule has 0 spiro atoms. The maximum atomic E-state index is 11.5. The zero-order valence-electron chi connectivity index (χ0n) is 8.95. The number of rotatable bonds is 1. The van der Waals surface area contributed by atoms with Gasteiger partial charge in [0.15, 0.2) is 5.76 Å². The predicted octanol–water partition coefficient (Wildman–Crippen LogP) is 1.50. The van der Waals surface area contributed by atoms with Crippen LogP contribution in [0, 0.1) is 6.92 Å². The Morgan fingerprint density at radius 3 is 3.20 bits per heavy atom. The summed E-state index contributed by atoms with van der Waals surface area (Å²) < 4.78 is 10.1. The van der Waals surface area contributed by atoms with Crippen LogP contribution in [-0.4, -0.2) is 29.3 Å². The topological polar surface area (TPSA) is 55.6 Å². The number of aryl methyl sites for hydroxylation is 1. The molecular weight excluding hydrogens is 196 g/mol. The van der Waals surface area contributed by atoms with Crippen LogP contribution >= 0.6 is 0 Å². The van der Waals surface area contributed by atoms with Crippen LogP contribution in [0.1, 0.15) is 23.9 Å². The van der Waals surface area contributed by atoms with Crippen molar-refractivity contribution in [2.24, 2.45) is 0 Å². The minimum atomic E-state index is -0.280. The Morgan fingerprint density at radius 2 is 2.47 bits per heavy atom. The molecular formula is C10H14N2O3. The molecule has 0 radical (unpaired) electrons. The smallest absolute Gasteiger partial charge is 0.410 e. The van der Waals surface area contributed by atoms with Gasteiger partial charge in [-0.05, 0) is 20.3 Å². The van der Waals surface area contributed by atoms with Crippen LogP contribution in [0.4, 0.5) is 4.79 Å². The zero-order valence-corrected chi connectivity index (χ0v) is 8.95. The Morgan fingerprint density at radius 1 is 1.67 bits per heavy atom. The Bertz CT molecular complexity index is 373. The normalized spacial score (nSPS) is 14.9. The van der Waals surface area contributed by atoms with Crippen molar-refractivity contribution in [3.63, 3.8) is 0 Å². The van der Waals surface area contributed by atoms with Gasteiger partial charge < -0.3 is 14.2 Å². The lowest BCUT2D eigenvalue weighted by Gasteiger charge is -2.24. The number of hydrogen-bond acceptors (Lipinski definition) is 4. The average molecular weight is 210 g/mol. The molecule has 2 rings (SSSR count). The lowest BCUT2D eigenvalue weighted by Crippen LogP contribution is -2.36. The fraction of sp³-hybridized carbons (Fsp3) is 0.600. The summed E-state index contributed by atoms with van der Waals surface area (Å²) in [4.78, 5) is 13.1. The summed E-state index contributed by atoms with van der Waals surface area (Å²) in [5.74, 6) is 0.784. The van der Waals surface area contributed by atoms with Crippen molar-refractivity contribution in [2.45, 2.75) is 26.8 Å². The molecule has 1 aromatic rings. The fourth-order valence-corrected chi connectivity index (χ4v) is 1.75. The molecule has 0 N–H and O–H groups in total. The highest BCUT2D eigenvalue weighted by Crippen LogP contribution is 2.21. The molecule has 0 atom stereocenters. The Balaban J connectivity index is 2.09. The molecule has 0 aromatic carbocycles. The molecule has 5 heteroatoms. The maximum Gasteiger partial charge on any atom is 0.410 e. The molecule has 1 aliphatic heterocycles. The summed E-state index contributed by atoms with van der Waals surface area (Å²) in [6.07, 6.45) is 0.515. The number of nitrogens with zero attached hydrogens (tertiary/aromatic N) is 2. The van der Waals surface area contributed by atoms with E-state index >= 15 is 0 Å². The van der Waals surface area contributed by atoms with E-state index in [-0.39, 0.29) is 6.09 Å². The van der Waals surface area contributed by atoms with Gasteiger partial charge >= 0.3 is 6.09 Å². The highest BCUT2D eigenvalue weighted by Gasteiger charge is 2.26. The molecule has 2 heterocycles. The molecule has 82 valence electrons. The number of fused-ring (bicyclic) bond motifs is 1. The first-order valence-corrected chi connectivity index (χ1v) is 5.08. The van der Waals surface area contributed by atoms with E-state index in [2.05, 4.69) is 5.16 Å². The molecule has 0 fully saturated rings. The van der Waals surface area contributed by atoms with Gasteiger partial charge in [-0.2, -0.15) is 0 Å². The number of aromatic nitrogens is 1. The van der Waals surface area contributed by atoms with Gasteiger partial charge in [0.1, 0.15) is 0 Å². The van der Waals surface area contributed by atoms with Crippen molar-refractivity contribution in [2.75, 3.05) is 13.2 Å². The van der Waals surface area contributed by atoms with Crippen LogP contribution in [0.15, 0.2) is 4.52 Å². The molecule has 0 saturated carbocycles. The zero-order chi connectivity index (χ0) is 10.8. The van der Waals surface area contributed by atoms with Gasteiger partial charge in [-0.25, -0.2) is 4.79 Å². The highest BCUT2D eigenvalue weighted by atomic mass is 16.6. The minimum absolute atomic E-state index is 0.280. The monoisotopic (exact) mass is 210 g/mol. The second-order valence-electron chi connectivity index (χ2n) is 3.54. The van der Waals surface area contributed by atoms with E-state index in [1.165, 1.54) is 0 Å². The van der Waals surface area contributed by atoms with Gasteiger partial charge in [-0.3, -0.25) is 0 Å². The third-order valence-corrected chi connectivity index (χ3v) is 2.56. The third kappa shape index (κ3) is 1.82. The summed E-state index contributed by atoms with van der Waals surface area (Å²) in [5, 5.41) is 3.88. The summed E-state index contributed by atoms with van der Waals surface area (Å²) in [5.41, 5.74) is 2.06. The van der Waals surface area contributed by atoms with Gasteiger partial charge in [0, 0.05) is 12.1 Å². The van der Waals surface area contributed by atoms with Gasteiger partial charge in [0.2, 0.25) is 0 Å². The van der Waals surface area contributed by atoms with E-state index in [4.69, 9.17) is 9.26 Å². The molecule has 1 aliphatic rings. The molecule has 0 saturated heterocycles. The Labute approximate surface area is 88.0 Å². The van der Waals surface area contributed by atoms with Crippen molar-refractivity contribution in [3.05, 3.63) is 17.0 Å². The lowest BCUT2D eigenvalue weighted by atomic mass is 10.1. The third-order valence-electron chi connectivity index (χ3n) is 2.56. The molecule has 0 unspecified atom stereocenters. The molecule has 15 heavy (non-hydrogen) atoms. The first-order chi connectivity index (χ1) is 7.22. The van der Waals surface area contributed by atoms with Crippen molar-refractivity contribution < 1.29 is 14.1 Å². The van der Waals surface area contributed by atoms with Crippen molar-refractivity contribution in [3.8, 4) is 0 Å². The Hall–Kier alpha value is -1.52. The van der Waals surface area contributed by atoms with E-state index < -0.39 is 0 Å². The van der Waals surface area contributed by atoms with Crippen molar-refractivity contribution >= 4 is 6.09 Å². The fourth-order valence-electron chi connectivity index (χ4n) is 1.75. The van der Waals surface area contributed by atoms with E-state index in [1.54, 1.807) is 11.8 Å². The summed E-state index contributed by atoms with van der Waals surface area (Å²) in [7, 11) is 0. The first kappa shape index (κ1) is 10.0. The summed E-state index contributed by atoms with van der Waals surface area (Å²) in [6, 6.07) is 0. The lowest BCUT2D eigenvalue weighted by molar-refractivity contribution is 0.0980. The van der Waals surface area contributed by atoms with Crippen LogP contribution < -0.4 is 0 Å². The molecule has 5 nitrogen and oxygen atoms in total. The number of amides is 1. The predicted molar refractivity (Wildman–Crippen MR) is 52.4 cm³/mol. The minimum Gasteiger partial charge on any atom is -0.450 e. The number of ether oxygens (including phenoxy) is 1. The highest BCUT2D eigenvalue weighted by molar-refractivity contribution is 5.68. The average Bonchev–Trinajstić information content (AvgIpc) is 2.60. The molecule has 1 amide bonds.